The summed E-state index contributed by atoms with van der Waals surface area (Å²) in [4.78, 5) is 57.9. The Morgan fingerprint density at radius 2 is 1.44 bits per heavy atom. The van der Waals surface area contributed by atoms with Gasteiger partial charge in [-0.2, -0.15) is 5.10 Å². The predicted molar refractivity (Wildman–Crippen MR) is 201 cm³/mol. The van der Waals surface area contributed by atoms with Crippen LogP contribution < -0.4 is 16.0 Å². The highest BCUT2D eigenvalue weighted by Crippen LogP contribution is 2.30. The molecule has 52 heavy (non-hydrogen) atoms. The van der Waals surface area contributed by atoms with Crippen LogP contribution in [0.3, 0.4) is 0 Å². The van der Waals surface area contributed by atoms with Gasteiger partial charge in [0.15, 0.2) is 0 Å². The van der Waals surface area contributed by atoms with Crippen LogP contribution in [0.15, 0.2) is 91.1 Å². The molecule has 2 atom stereocenters. The van der Waals surface area contributed by atoms with Gasteiger partial charge in [0.05, 0.1) is 0 Å². The van der Waals surface area contributed by atoms with Gasteiger partial charge in [-0.25, -0.2) is 0 Å². The maximum Gasteiger partial charge on any atom is 0.270 e. The quantitative estimate of drug-likeness (QED) is 0.190. The van der Waals surface area contributed by atoms with Gasteiger partial charge in [-0.3, -0.25) is 28.8 Å². The number of anilines is 1. The van der Waals surface area contributed by atoms with E-state index in [1.165, 1.54) is 16.7 Å². The van der Waals surface area contributed by atoms with Crippen molar-refractivity contribution in [2.24, 2.45) is 5.92 Å². The molecule has 0 spiro atoms. The largest absolute Gasteiger partial charge is 0.344 e. The molecule has 1 fully saturated rings. The fraction of sp³-hybridized carbons (Fsp3) is 0.390. The fourth-order valence-corrected chi connectivity index (χ4v) is 7.21. The van der Waals surface area contributed by atoms with Crippen molar-refractivity contribution in [3.63, 3.8) is 0 Å². The molecular weight excluding hydrogens is 654 g/mol. The molecule has 3 aromatic carbocycles. The van der Waals surface area contributed by atoms with Crippen molar-refractivity contribution in [1.29, 1.82) is 0 Å². The smallest absolute Gasteiger partial charge is 0.270 e. The van der Waals surface area contributed by atoms with E-state index in [4.69, 9.17) is 0 Å². The maximum atomic E-state index is 13.9. The molecule has 3 N–H and O–H groups in total. The van der Waals surface area contributed by atoms with Crippen LogP contribution in [0.2, 0.25) is 0 Å². The number of piperazine rings is 1. The van der Waals surface area contributed by atoms with Gasteiger partial charge in [-0.1, -0.05) is 73.7 Å². The molecule has 11 heteroatoms. The molecular formula is C41H49N7O4. The molecule has 2 aliphatic rings. The first kappa shape index (κ1) is 36.5. The van der Waals surface area contributed by atoms with Crippen LogP contribution >= 0.6 is 0 Å². The molecule has 4 aromatic rings. The van der Waals surface area contributed by atoms with E-state index in [2.05, 4.69) is 50.2 Å². The molecule has 0 bridgehead atoms. The van der Waals surface area contributed by atoms with Crippen molar-refractivity contribution in [2.75, 3.05) is 31.5 Å². The lowest BCUT2D eigenvalue weighted by Crippen LogP contribution is -2.55. The molecule has 0 unspecified atom stereocenters. The van der Waals surface area contributed by atoms with Gasteiger partial charge in [-0.15, -0.1) is 0 Å². The van der Waals surface area contributed by atoms with Crippen LogP contribution in [0, 0.1) is 5.92 Å². The van der Waals surface area contributed by atoms with Crippen molar-refractivity contribution in [2.45, 2.75) is 71.1 Å². The first-order chi connectivity index (χ1) is 25.2. The molecule has 0 radical (unpaired) electrons. The lowest BCUT2D eigenvalue weighted by atomic mass is 9.95. The van der Waals surface area contributed by atoms with E-state index in [-0.39, 0.29) is 42.0 Å². The average Bonchev–Trinajstić information content (AvgIpc) is 3.83. The van der Waals surface area contributed by atoms with Gasteiger partial charge in [0.25, 0.3) is 5.91 Å². The molecule has 2 heterocycles. The molecule has 1 aliphatic carbocycles. The normalized spacial score (nSPS) is 15.9. The zero-order valence-electron chi connectivity index (χ0n) is 30.3. The first-order valence-electron chi connectivity index (χ1n) is 18.3. The Balaban J connectivity index is 1.11. The molecule has 1 saturated heterocycles. The number of amides is 4. The highest BCUT2D eigenvalue weighted by molar-refractivity contribution is 6.01. The summed E-state index contributed by atoms with van der Waals surface area (Å²) in [5.74, 6) is -1.04. The summed E-state index contributed by atoms with van der Waals surface area (Å²) in [6, 6.07) is 26.0. The summed E-state index contributed by atoms with van der Waals surface area (Å²) < 4.78 is 1.65. The third kappa shape index (κ3) is 8.95. The van der Waals surface area contributed by atoms with Crippen LogP contribution in [0.1, 0.15) is 66.0 Å². The Morgan fingerprint density at radius 3 is 2.08 bits per heavy atom. The summed E-state index contributed by atoms with van der Waals surface area (Å²) in [7, 11) is 0. The highest BCUT2D eigenvalue weighted by Gasteiger charge is 2.35. The van der Waals surface area contributed by atoms with Gasteiger partial charge < -0.3 is 20.9 Å². The second-order valence-corrected chi connectivity index (χ2v) is 14.1. The summed E-state index contributed by atoms with van der Waals surface area (Å²) in [5.41, 5.74) is 5.45. The summed E-state index contributed by atoms with van der Waals surface area (Å²) in [6.45, 7) is 9.24. The molecule has 1 aliphatic heterocycles. The average molecular weight is 704 g/mol. The number of hydrogen-bond donors (Lipinski definition) is 3. The zero-order valence-corrected chi connectivity index (χ0v) is 30.3. The number of carbonyl (C=O) groups is 4. The van der Waals surface area contributed by atoms with Crippen LogP contribution in [0.25, 0.3) is 0 Å². The Kier molecular flexibility index (Phi) is 11.8. The zero-order chi connectivity index (χ0) is 36.6. The monoisotopic (exact) mass is 703 g/mol. The number of nitrogens with zero attached hydrogens (tertiary/aromatic N) is 4. The molecule has 11 nitrogen and oxygen atoms in total. The Bertz CT molecular complexity index is 1820. The van der Waals surface area contributed by atoms with Gasteiger partial charge >= 0.3 is 0 Å². The van der Waals surface area contributed by atoms with Gasteiger partial charge in [0.2, 0.25) is 17.7 Å². The Morgan fingerprint density at radius 1 is 0.788 bits per heavy atom. The van der Waals surface area contributed by atoms with E-state index >= 15 is 0 Å². The molecule has 272 valence electrons. The second kappa shape index (κ2) is 16.8. The van der Waals surface area contributed by atoms with Gasteiger partial charge in [0, 0.05) is 63.5 Å². The van der Waals surface area contributed by atoms with E-state index in [9.17, 15) is 19.2 Å². The number of nitrogens with one attached hydrogen (secondary N) is 3. The number of aromatic nitrogens is 2. The third-order valence-electron chi connectivity index (χ3n) is 10.1. The van der Waals surface area contributed by atoms with E-state index in [0.717, 1.165) is 25.2 Å². The Labute approximate surface area is 305 Å². The van der Waals surface area contributed by atoms with Crippen molar-refractivity contribution in [3.05, 3.63) is 119 Å². The molecule has 6 rings (SSSR count). The number of carbonyl (C=O) groups excluding carboxylic acids is 4. The third-order valence-corrected chi connectivity index (χ3v) is 10.1. The maximum absolute atomic E-state index is 13.9. The number of fused-ring (bicyclic) bond motifs is 1. The van der Waals surface area contributed by atoms with Gasteiger partial charge in [0.1, 0.15) is 17.8 Å². The molecule has 4 amide bonds. The molecule has 1 aromatic heterocycles. The minimum Gasteiger partial charge on any atom is -0.344 e. The lowest BCUT2D eigenvalue weighted by Gasteiger charge is -2.36. The minimum atomic E-state index is -0.783. The van der Waals surface area contributed by atoms with Crippen molar-refractivity contribution < 1.29 is 19.2 Å². The summed E-state index contributed by atoms with van der Waals surface area (Å²) in [6.07, 6.45) is 3.56. The topological polar surface area (TPSA) is 129 Å². The van der Waals surface area contributed by atoms with Crippen LogP contribution in [-0.4, -0.2) is 81.5 Å². The van der Waals surface area contributed by atoms with Crippen LogP contribution in [0.4, 0.5) is 5.69 Å². The fourth-order valence-electron chi connectivity index (χ4n) is 7.21. The van der Waals surface area contributed by atoms with E-state index in [1.807, 2.05) is 61.2 Å². The predicted octanol–water partition coefficient (Wildman–Crippen LogP) is 4.40. The second-order valence-electron chi connectivity index (χ2n) is 14.1. The Hall–Kier alpha value is -5.29. The molecule has 0 saturated carbocycles. The van der Waals surface area contributed by atoms with Crippen molar-refractivity contribution >= 4 is 29.3 Å². The van der Waals surface area contributed by atoms with Crippen LogP contribution in [-0.2, 0) is 40.2 Å². The van der Waals surface area contributed by atoms with Crippen LogP contribution in [0.5, 0.6) is 0 Å². The highest BCUT2D eigenvalue weighted by atomic mass is 16.2. The lowest BCUT2D eigenvalue weighted by molar-refractivity contribution is -0.138. The summed E-state index contributed by atoms with van der Waals surface area (Å²) >= 11 is 0. The SMILES string of the molecule is CCC(=O)N[C@H](Cc1ccc(NC(=O)[C@@H](NC(=O)c2ccnn2C(C)C)C2Cc3ccccc3C2)cc1)C(=O)N1CCN(Cc2ccccc2)CC1. The number of benzene rings is 3. The minimum absolute atomic E-state index is 0.0161. The van der Waals surface area contributed by atoms with E-state index in [0.29, 0.717) is 43.7 Å². The number of rotatable bonds is 13. The van der Waals surface area contributed by atoms with Crippen molar-refractivity contribution in [1.82, 2.24) is 30.2 Å². The van der Waals surface area contributed by atoms with Gasteiger partial charge in [-0.05, 0) is 73.1 Å². The van der Waals surface area contributed by atoms with Crippen molar-refractivity contribution in [3.8, 4) is 0 Å². The first-order valence-corrected chi connectivity index (χ1v) is 18.3. The van der Waals surface area contributed by atoms with E-state index < -0.39 is 12.1 Å². The number of hydrogen-bond acceptors (Lipinski definition) is 6. The van der Waals surface area contributed by atoms with E-state index in [1.54, 1.807) is 36.0 Å². The standard InChI is InChI=1S/C41H49N7O4/c1-4-37(49)44-35(41(52)47-22-20-46(21-23-47)27-30-10-6-5-7-11-30)24-29-14-16-34(17-15-29)43-40(51)38(33-25-31-12-8-9-13-32(31)26-33)45-39(50)36-18-19-42-48(36)28(2)3/h5-19,28,33,35,38H,4,20-27H2,1-3H3,(H,43,51)(H,44,49)(H,45,50)/t35-,38+/m1/s1. The summed E-state index contributed by atoms with van der Waals surface area (Å²) in [5, 5.41) is 13.3.